The molecule has 1 aromatic carbocycles. The molecular formula is C19H20F3N5OS2. The fraction of sp³-hybridized carbons (Fsp3) is 0.421. The predicted octanol–water partition coefficient (Wildman–Crippen LogP) is 4.57. The number of morpholine rings is 1. The van der Waals surface area contributed by atoms with Crippen molar-refractivity contribution < 1.29 is 17.9 Å². The third-order valence-electron chi connectivity index (χ3n) is 4.67. The highest BCUT2D eigenvalue weighted by Crippen LogP contribution is 2.33. The van der Waals surface area contributed by atoms with Crippen molar-refractivity contribution in [2.75, 3.05) is 31.2 Å². The van der Waals surface area contributed by atoms with Gasteiger partial charge in [0.25, 0.3) is 0 Å². The molecule has 11 heteroatoms. The molecule has 0 amide bonds. The van der Waals surface area contributed by atoms with Gasteiger partial charge in [0.15, 0.2) is 5.16 Å². The first-order chi connectivity index (χ1) is 14.5. The van der Waals surface area contributed by atoms with Crippen LogP contribution in [0, 0.1) is 0 Å². The van der Waals surface area contributed by atoms with Crippen LogP contribution in [0.3, 0.4) is 0 Å². The summed E-state index contributed by atoms with van der Waals surface area (Å²) < 4.78 is 45.7. The van der Waals surface area contributed by atoms with Crippen LogP contribution in [0.5, 0.6) is 0 Å². The number of halogens is 3. The molecule has 0 atom stereocenters. The van der Waals surface area contributed by atoms with Gasteiger partial charge in [0.05, 0.1) is 24.5 Å². The van der Waals surface area contributed by atoms with E-state index in [0.29, 0.717) is 29.5 Å². The number of nitrogens with zero attached hydrogens (tertiary/aromatic N) is 5. The van der Waals surface area contributed by atoms with Gasteiger partial charge < -0.3 is 9.64 Å². The largest absolute Gasteiger partial charge is 0.416 e. The molecule has 3 aromatic rings. The van der Waals surface area contributed by atoms with Gasteiger partial charge in [-0.25, -0.2) is 4.98 Å². The summed E-state index contributed by atoms with van der Waals surface area (Å²) in [5, 5.41) is 12.1. The average molecular weight is 456 g/mol. The highest BCUT2D eigenvalue weighted by molar-refractivity contribution is 7.98. The molecule has 4 rings (SSSR count). The van der Waals surface area contributed by atoms with Gasteiger partial charge in [-0.3, -0.25) is 4.57 Å². The van der Waals surface area contributed by atoms with Gasteiger partial charge in [-0.15, -0.1) is 21.5 Å². The number of ether oxygens (including phenoxy) is 1. The van der Waals surface area contributed by atoms with E-state index in [-0.39, 0.29) is 0 Å². The number of rotatable bonds is 6. The van der Waals surface area contributed by atoms with Crippen LogP contribution in [0.2, 0.25) is 0 Å². The zero-order valence-electron chi connectivity index (χ0n) is 16.2. The maximum absolute atomic E-state index is 12.7. The van der Waals surface area contributed by atoms with Crippen molar-refractivity contribution in [3.8, 4) is 10.6 Å². The fourth-order valence-electron chi connectivity index (χ4n) is 3.11. The van der Waals surface area contributed by atoms with Crippen LogP contribution < -0.4 is 4.90 Å². The van der Waals surface area contributed by atoms with Gasteiger partial charge >= 0.3 is 6.18 Å². The normalized spacial score (nSPS) is 15.0. The lowest BCUT2D eigenvalue weighted by Gasteiger charge is -2.27. The molecule has 160 valence electrons. The molecule has 0 spiro atoms. The van der Waals surface area contributed by atoms with E-state index in [1.807, 2.05) is 5.38 Å². The van der Waals surface area contributed by atoms with Crippen LogP contribution >= 0.6 is 23.1 Å². The molecule has 30 heavy (non-hydrogen) atoms. The van der Waals surface area contributed by atoms with Crippen molar-refractivity contribution in [2.24, 2.45) is 0 Å². The lowest BCUT2D eigenvalue weighted by Crippen LogP contribution is -2.38. The molecule has 2 aromatic heterocycles. The smallest absolute Gasteiger partial charge is 0.378 e. The first kappa shape index (κ1) is 21.1. The van der Waals surface area contributed by atoms with Crippen molar-refractivity contribution >= 4 is 29.0 Å². The van der Waals surface area contributed by atoms with E-state index in [1.54, 1.807) is 11.8 Å². The first-order valence-electron chi connectivity index (χ1n) is 9.46. The Labute approximate surface area is 180 Å². The molecule has 0 radical (unpaired) electrons. The highest BCUT2D eigenvalue weighted by atomic mass is 32.2. The van der Waals surface area contributed by atoms with Crippen LogP contribution in [-0.2, 0) is 23.2 Å². The van der Waals surface area contributed by atoms with Crippen molar-refractivity contribution in [1.82, 2.24) is 19.7 Å². The highest BCUT2D eigenvalue weighted by Gasteiger charge is 2.30. The molecule has 0 unspecified atom stereocenters. The molecule has 1 fully saturated rings. The summed E-state index contributed by atoms with van der Waals surface area (Å²) >= 11 is 2.97. The maximum Gasteiger partial charge on any atom is 0.416 e. The predicted molar refractivity (Wildman–Crippen MR) is 111 cm³/mol. The number of thiazole rings is 1. The van der Waals surface area contributed by atoms with Gasteiger partial charge in [0, 0.05) is 36.3 Å². The number of hydrogen-bond acceptors (Lipinski definition) is 7. The standard InChI is InChI=1S/C19H20F3N5OS2/c1-2-27-17(26-7-9-28-10-8-26)24-25-18(27)30-12-15-11-29-16(23-15)13-3-5-14(6-4-13)19(20,21)22/h3-6,11H,2,7-10,12H2,1H3. The van der Waals surface area contributed by atoms with Gasteiger partial charge in [-0.05, 0) is 19.1 Å². The summed E-state index contributed by atoms with van der Waals surface area (Å²) in [4.78, 5) is 6.75. The minimum Gasteiger partial charge on any atom is -0.378 e. The monoisotopic (exact) mass is 455 g/mol. The Bertz CT molecular complexity index is 981. The van der Waals surface area contributed by atoms with Gasteiger partial charge in [0.2, 0.25) is 5.95 Å². The Morgan fingerprint density at radius 1 is 1.13 bits per heavy atom. The Morgan fingerprint density at radius 3 is 2.53 bits per heavy atom. The van der Waals surface area contributed by atoms with Crippen molar-refractivity contribution in [2.45, 2.75) is 30.6 Å². The topological polar surface area (TPSA) is 56.1 Å². The second-order valence-electron chi connectivity index (χ2n) is 6.63. The zero-order valence-corrected chi connectivity index (χ0v) is 17.9. The van der Waals surface area contributed by atoms with Crippen LogP contribution in [-0.4, -0.2) is 46.1 Å². The lowest BCUT2D eigenvalue weighted by molar-refractivity contribution is -0.137. The zero-order chi connectivity index (χ0) is 21.1. The molecule has 0 bridgehead atoms. The number of benzene rings is 1. The second-order valence-corrected chi connectivity index (χ2v) is 8.43. The van der Waals surface area contributed by atoms with Crippen LogP contribution in [0.1, 0.15) is 18.2 Å². The number of aromatic nitrogens is 4. The van der Waals surface area contributed by atoms with Crippen LogP contribution in [0.4, 0.5) is 19.1 Å². The van der Waals surface area contributed by atoms with E-state index < -0.39 is 11.7 Å². The number of thioether (sulfide) groups is 1. The minimum atomic E-state index is -4.33. The minimum absolute atomic E-state index is 0.610. The first-order valence-corrected chi connectivity index (χ1v) is 11.3. The van der Waals surface area contributed by atoms with E-state index in [4.69, 9.17) is 4.74 Å². The van der Waals surface area contributed by atoms with Crippen molar-refractivity contribution in [3.05, 3.63) is 40.9 Å². The number of alkyl halides is 3. The Hall–Kier alpha value is -2.11. The van der Waals surface area contributed by atoms with E-state index in [0.717, 1.165) is 48.6 Å². The average Bonchev–Trinajstić information content (AvgIpc) is 3.39. The second kappa shape index (κ2) is 8.94. The van der Waals surface area contributed by atoms with E-state index in [9.17, 15) is 13.2 Å². The molecule has 6 nitrogen and oxygen atoms in total. The lowest BCUT2D eigenvalue weighted by atomic mass is 10.1. The number of anilines is 1. The molecule has 0 saturated carbocycles. The van der Waals surface area contributed by atoms with E-state index in [1.165, 1.54) is 23.5 Å². The summed E-state index contributed by atoms with van der Waals surface area (Å²) in [6, 6.07) is 5.09. The van der Waals surface area contributed by atoms with Gasteiger partial charge in [-0.2, -0.15) is 13.2 Å². The van der Waals surface area contributed by atoms with Gasteiger partial charge in [-0.1, -0.05) is 23.9 Å². The molecule has 1 aliphatic rings. The Balaban J connectivity index is 1.43. The number of hydrogen-bond donors (Lipinski definition) is 0. The Morgan fingerprint density at radius 2 is 1.87 bits per heavy atom. The summed E-state index contributed by atoms with van der Waals surface area (Å²) in [5.41, 5.74) is 0.877. The SMILES string of the molecule is CCn1c(SCc2csc(-c3ccc(C(F)(F)F)cc3)n2)nnc1N1CCOCC1. The molecular weight excluding hydrogens is 435 g/mol. The summed E-state index contributed by atoms with van der Waals surface area (Å²) in [6.45, 7) is 5.78. The molecule has 0 aliphatic carbocycles. The van der Waals surface area contributed by atoms with E-state index in [2.05, 4.69) is 31.6 Å². The fourth-order valence-corrected chi connectivity index (χ4v) is 4.93. The van der Waals surface area contributed by atoms with Gasteiger partial charge in [0.1, 0.15) is 5.01 Å². The quantitative estimate of drug-likeness (QED) is 0.508. The summed E-state index contributed by atoms with van der Waals surface area (Å²) in [5.74, 6) is 1.46. The molecule has 1 aliphatic heterocycles. The molecule has 0 N–H and O–H groups in total. The molecule has 1 saturated heterocycles. The summed E-state index contributed by atoms with van der Waals surface area (Å²) in [7, 11) is 0. The maximum atomic E-state index is 12.7. The third-order valence-corrected chi connectivity index (χ3v) is 6.61. The van der Waals surface area contributed by atoms with Crippen molar-refractivity contribution in [3.63, 3.8) is 0 Å². The summed E-state index contributed by atoms with van der Waals surface area (Å²) in [6.07, 6.45) is -4.33. The Kier molecular flexibility index (Phi) is 6.30. The van der Waals surface area contributed by atoms with Crippen LogP contribution in [0.15, 0.2) is 34.8 Å². The van der Waals surface area contributed by atoms with Crippen molar-refractivity contribution in [1.29, 1.82) is 0 Å². The van der Waals surface area contributed by atoms with E-state index >= 15 is 0 Å². The molecule has 3 heterocycles. The van der Waals surface area contributed by atoms with Crippen LogP contribution in [0.25, 0.3) is 10.6 Å². The third kappa shape index (κ3) is 4.62.